The molecule has 1 aromatic heterocycles. The average molecular weight is 317 g/mol. The van der Waals surface area contributed by atoms with Gasteiger partial charge in [-0.3, -0.25) is 0 Å². The van der Waals surface area contributed by atoms with Gasteiger partial charge in [0.25, 0.3) is 0 Å². The molecule has 1 aliphatic heterocycles. The summed E-state index contributed by atoms with van der Waals surface area (Å²) in [7, 11) is 4.39. The SMILES string of the molecule is CN(C)C(CC1CCNCC1)c1ccc(Br)s1. The van der Waals surface area contributed by atoms with Crippen molar-refractivity contribution in [3.05, 3.63) is 20.8 Å². The molecule has 1 atom stereocenters. The fourth-order valence-corrected chi connectivity index (χ4v) is 4.16. The van der Waals surface area contributed by atoms with Gasteiger partial charge in [0.2, 0.25) is 0 Å². The van der Waals surface area contributed by atoms with Crippen LogP contribution in [0.25, 0.3) is 0 Å². The molecule has 17 heavy (non-hydrogen) atoms. The standard InChI is InChI=1S/C13H21BrN2S/c1-16(2)11(12-3-4-13(14)17-12)9-10-5-7-15-8-6-10/h3-4,10-11,15H,5-9H2,1-2H3. The van der Waals surface area contributed by atoms with Crippen molar-refractivity contribution in [1.82, 2.24) is 10.2 Å². The highest BCUT2D eigenvalue weighted by Crippen LogP contribution is 2.35. The maximum Gasteiger partial charge on any atom is 0.0701 e. The molecular formula is C13H21BrN2S. The van der Waals surface area contributed by atoms with Crippen LogP contribution < -0.4 is 5.32 Å². The van der Waals surface area contributed by atoms with E-state index in [1.165, 1.54) is 41.0 Å². The van der Waals surface area contributed by atoms with E-state index in [-0.39, 0.29) is 0 Å². The summed E-state index contributed by atoms with van der Waals surface area (Å²) < 4.78 is 1.24. The zero-order valence-corrected chi connectivity index (χ0v) is 13.0. The highest BCUT2D eigenvalue weighted by atomic mass is 79.9. The van der Waals surface area contributed by atoms with Crippen LogP contribution in [-0.4, -0.2) is 32.1 Å². The van der Waals surface area contributed by atoms with Crippen LogP contribution in [-0.2, 0) is 0 Å². The maximum atomic E-state index is 3.56. The monoisotopic (exact) mass is 316 g/mol. The summed E-state index contributed by atoms with van der Waals surface area (Å²) >= 11 is 5.44. The normalized spacial score (nSPS) is 19.8. The molecule has 0 bridgehead atoms. The molecule has 0 aromatic carbocycles. The molecule has 2 heterocycles. The zero-order chi connectivity index (χ0) is 12.3. The van der Waals surface area contributed by atoms with Gasteiger partial charge in [0.05, 0.1) is 3.79 Å². The van der Waals surface area contributed by atoms with E-state index >= 15 is 0 Å². The number of rotatable bonds is 4. The number of hydrogen-bond donors (Lipinski definition) is 1. The molecule has 0 aliphatic carbocycles. The summed E-state index contributed by atoms with van der Waals surface area (Å²) in [4.78, 5) is 3.85. The van der Waals surface area contributed by atoms with Crippen LogP contribution in [0.4, 0.5) is 0 Å². The fraction of sp³-hybridized carbons (Fsp3) is 0.692. The van der Waals surface area contributed by atoms with Crippen LogP contribution in [0.2, 0.25) is 0 Å². The lowest BCUT2D eigenvalue weighted by Crippen LogP contribution is -2.30. The number of nitrogens with one attached hydrogen (secondary N) is 1. The van der Waals surface area contributed by atoms with Gasteiger partial charge in [0.15, 0.2) is 0 Å². The van der Waals surface area contributed by atoms with Crippen molar-refractivity contribution in [3.8, 4) is 0 Å². The van der Waals surface area contributed by atoms with Crippen molar-refractivity contribution in [1.29, 1.82) is 0 Å². The number of piperidine rings is 1. The second-order valence-corrected chi connectivity index (χ2v) is 7.54. The van der Waals surface area contributed by atoms with Gasteiger partial charge in [0.1, 0.15) is 0 Å². The number of nitrogens with zero attached hydrogens (tertiary/aromatic N) is 1. The van der Waals surface area contributed by atoms with Crippen molar-refractivity contribution in [2.45, 2.75) is 25.3 Å². The van der Waals surface area contributed by atoms with Gasteiger partial charge in [-0.1, -0.05) is 0 Å². The van der Waals surface area contributed by atoms with Gasteiger partial charge in [-0.05, 0) is 80.4 Å². The first kappa shape index (κ1) is 13.5. The Hall–Kier alpha value is 0.1000. The smallest absolute Gasteiger partial charge is 0.0701 e. The highest BCUT2D eigenvalue weighted by molar-refractivity contribution is 9.11. The molecule has 2 rings (SSSR count). The van der Waals surface area contributed by atoms with Crippen molar-refractivity contribution in [2.24, 2.45) is 5.92 Å². The minimum atomic E-state index is 0.578. The summed E-state index contributed by atoms with van der Waals surface area (Å²) in [6.45, 7) is 2.39. The van der Waals surface area contributed by atoms with Crippen molar-refractivity contribution < 1.29 is 0 Å². The lowest BCUT2D eigenvalue weighted by molar-refractivity contribution is 0.226. The minimum absolute atomic E-state index is 0.578. The Labute approximate surface area is 117 Å². The van der Waals surface area contributed by atoms with Crippen LogP contribution in [0, 0.1) is 5.92 Å². The molecule has 1 N–H and O–H groups in total. The molecule has 0 saturated carbocycles. The largest absolute Gasteiger partial charge is 0.317 e. The number of hydrogen-bond acceptors (Lipinski definition) is 3. The molecule has 1 unspecified atom stereocenters. The predicted octanol–water partition coefficient (Wildman–Crippen LogP) is 3.50. The first-order valence-corrected chi connectivity index (χ1v) is 7.90. The first-order chi connectivity index (χ1) is 8.16. The van der Waals surface area contributed by atoms with Crippen LogP contribution >= 0.6 is 27.3 Å². The van der Waals surface area contributed by atoms with Crippen LogP contribution in [0.5, 0.6) is 0 Å². The first-order valence-electron chi connectivity index (χ1n) is 6.29. The molecular weight excluding hydrogens is 296 g/mol. The molecule has 4 heteroatoms. The predicted molar refractivity (Wildman–Crippen MR) is 78.7 cm³/mol. The van der Waals surface area contributed by atoms with Gasteiger partial charge in [-0.25, -0.2) is 0 Å². The summed E-state index contributed by atoms with van der Waals surface area (Å²) in [5.74, 6) is 0.879. The van der Waals surface area contributed by atoms with Crippen molar-refractivity contribution in [2.75, 3.05) is 27.2 Å². The van der Waals surface area contributed by atoms with Gasteiger partial charge in [0, 0.05) is 10.9 Å². The lowest BCUT2D eigenvalue weighted by Gasteiger charge is -2.30. The van der Waals surface area contributed by atoms with Crippen LogP contribution in [0.15, 0.2) is 15.9 Å². The van der Waals surface area contributed by atoms with Gasteiger partial charge in [-0.2, -0.15) is 0 Å². The van der Waals surface area contributed by atoms with E-state index in [2.05, 4.69) is 52.4 Å². The summed E-state index contributed by atoms with van der Waals surface area (Å²) in [5, 5.41) is 3.44. The second kappa shape index (κ2) is 6.32. The molecule has 96 valence electrons. The summed E-state index contributed by atoms with van der Waals surface area (Å²) in [5.41, 5.74) is 0. The van der Waals surface area contributed by atoms with Gasteiger partial charge >= 0.3 is 0 Å². The number of halogens is 1. The average Bonchev–Trinajstić information content (AvgIpc) is 2.73. The Balaban J connectivity index is 2.01. The molecule has 1 saturated heterocycles. The van der Waals surface area contributed by atoms with E-state index in [1.54, 1.807) is 0 Å². The number of thiophene rings is 1. The lowest BCUT2D eigenvalue weighted by atomic mass is 9.90. The van der Waals surface area contributed by atoms with Gasteiger partial charge < -0.3 is 10.2 Å². The quantitative estimate of drug-likeness (QED) is 0.914. The highest BCUT2D eigenvalue weighted by Gasteiger charge is 2.22. The Morgan fingerprint density at radius 2 is 2.12 bits per heavy atom. The van der Waals surface area contributed by atoms with E-state index in [0.29, 0.717) is 6.04 Å². The molecule has 1 aliphatic rings. The van der Waals surface area contributed by atoms with Crippen molar-refractivity contribution in [3.63, 3.8) is 0 Å². The van der Waals surface area contributed by atoms with E-state index in [4.69, 9.17) is 0 Å². The zero-order valence-electron chi connectivity index (χ0n) is 10.6. The fourth-order valence-electron chi connectivity index (χ4n) is 2.52. The maximum absolute atomic E-state index is 3.56. The second-order valence-electron chi connectivity index (χ2n) is 5.05. The Kier molecular flexibility index (Phi) is 5.03. The van der Waals surface area contributed by atoms with Crippen LogP contribution in [0.3, 0.4) is 0 Å². The molecule has 1 fully saturated rings. The third kappa shape index (κ3) is 3.78. The Morgan fingerprint density at radius 3 is 2.65 bits per heavy atom. The molecule has 0 amide bonds. The van der Waals surface area contributed by atoms with Crippen LogP contribution in [0.1, 0.15) is 30.2 Å². The van der Waals surface area contributed by atoms with E-state index in [9.17, 15) is 0 Å². The van der Waals surface area contributed by atoms with Crippen molar-refractivity contribution >= 4 is 27.3 Å². The Morgan fingerprint density at radius 1 is 1.41 bits per heavy atom. The molecule has 0 spiro atoms. The topological polar surface area (TPSA) is 15.3 Å². The third-order valence-electron chi connectivity index (χ3n) is 3.56. The van der Waals surface area contributed by atoms with E-state index in [1.807, 2.05) is 11.3 Å². The molecule has 2 nitrogen and oxygen atoms in total. The third-order valence-corrected chi connectivity index (χ3v) is 5.29. The molecule has 1 aromatic rings. The van der Waals surface area contributed by atoms with Gasteiger partial charge in [-0.15, -0.1) is 11.3 Å². The van der Waals surface area contributed by atoms with E-state index < -0.39 is 0 Å². The molecule has 0 radical (unpaired) electrons. The van der Waals surface area contributed by atoms with E-state index in [0.717, 1.165) is 5.92 Å². The minimum Gasteiger partial charge on any atom is -0.317 e. The summed E-state index contributed by atoms with van der Waals surface area (Å²) in [6.07, 6.45) is 3.95. The Bertz CT molecular complexity index is 345. The summed E-state index contributed by atoms with van der Waals surface area (Å²) in [6, 6.07) is 5.01.